The number of ether oxygens (including phenoxy) is 1. The topological polar surface area (TPSA) is 46.6 Å². The van der Waals surface area contributed by atoms with Crippen LogP contribution in [0.1, 0.15) is 52.4 Å². The van der Waals surface area contributed by atoms with Crippen LogP contribution in [0.4, 0.5) is 0 Å². The minimum Gasteiger partial charge on any atom is -0.461 e. The number of hydrogen-bond donors (Lipinski definition) is 0. The average molecular weight is 265 g/mol. The van der Waals surface area contributed by atoms with E-state index < -0.39 is 0 Å². The molecule has 1 aliphatic carbocycles. The largest absolute Gasteiger partial charge is 0.461 e. The highest BCUT2D eigenvalue weighted by molar-refractivity contribution is 5.86. The van der Waals surface area contributed by atoms with Crippen LogP contribution in [0.25, 0.3) is 0 Å². The van der Waals surface area contributed by atoms with Gasteiger partial charge in [-0.2, -0.15) is 0 Å². The molecular formula is C15H23NO3. The summed E-state index contributed by atoms with van der Waals surface area (Å²) in [6.45, 7) is 5.33. The van der Waals surface area contributed by atoms with Crippen molar-refractivity contribution >= 4 is 12.4 Å². The molecule has 2 fully saturated rings. The van der Waals surface area contributed by atoms with Crippen molar-refractivity contribution in [3.8, 4) is 0 Å². The molecule has 0 N–H and O–H groups in total. The quantitative estimate of drug-likeness (QED) is 0.734. The number of carbonyl (C=O) groups excluding carboxylic acids is 2. The van der Waals surface area contributed by atoms with Crippen molar-refractivity contribution in [2.75, 3.05) is 13.2 Å². The number of carbonyl (C=O) groups is 2. The van der Waals surface area contributed by atoms with E-state index in [1.165, 1.54) is 6.42 Å². The second-order valence-electron chi connectivity index (χ2n) is 5.90. The molecule has 1 amide bonds. The fourth-order valence-electron chi connectivity index (χ4n) is 3.38. The van der Waals surface area contributed by atoms with E-state index in [-0.39, 0.29) is 17.9 Å². The normalized spacial score (nSPS) is 21.6. The van der Waals surface area contributed by atoms with Gasteiger partial charge in [0, 0.05) is 6.54 Å². The second kappa shape index (κ2) is 5.76. The highest BCUT2D eigenvalue weighted by Gasteiger charge is 2.47. The minimum absolute atomic E-state index is 0.125. The Morgan fingerprint density at radius 2 is 1.95 bits per heavy atom. The Hall–Kier alpha value is -1.32. The molecule has 1 heterocycles. The summed E-state index contributed by atoms with van der Waals surface area (Å²) >= 11 is 0. The standard InChI is InChI=1S/C15H23NO3/c1-12(2)13(10-19-11-17)16-9-8-15(14(16)18)6-4-3-5-7-15/h11H,3-10H2,1-2H3. The molecule has 0 atom stereocenters. The lowest BCUT2D eigenvalue weighted by Gasteiger charge is -2.32. The summed E-state index contributed by atoms with van der Waals surface area (Å²) < 4.78 is 4.86. The second-order valence-corrected chi connectivity index (χ2v) is 5.90. The van der Waals surface area contributed by atoms with E-state index in [0.717, 1.165) is 49.9 Å². The highest BCUT2D eigenvalue weighted by atomic mass is 16.5. The molecule has 0 bridgehead atoms. The minimum atomic E-state index is -0.125. The van der Waals surface area contributed by atoms with Gasteiger partial charge in [-0.1, -0.05) is 24.8 Å². The summed E-state index contributed by atoms with van der Waals surface area (Å²) in [6, 6.07) is 0. The first-order valence-electron chi connectivity index (χ1n) is 7.14. The van der Waals surface area contributed by atoms with E-state index in [4.69, 9.17) is 4.74 Å². The molecule has 106 valence electrons. The molecule has 1 spiro atoms. The molecule has 0 aromatic heterocycles. The van der Waals surface area contributed by atoms with Gasteiger partial charge in [-0.25, -0.2) is 0 Å². The van der Waals surface area contributed by atoms with Crippen molar-refractivity contribution in [1.82, 2.24) is 4.90 Å². The Bertz CT molecular complexity index is 390. The van der Waals surface area contributed by atoms with Crippen LogP contribution in [0.2, 0.25) is 0 Å². The van der Waals surface area contributed by atoms with Crippen LogP contribution in [0, 0.1) is 5.41 Å². The first-order valence-corrected chi connectivity index (χ1v) is 7.14. The van der Waals surface area contributed by atoms with E-state index >= 15 is 0 Å². The van der Waals surface area contributed by atoms with Gasteiger partial charge in [0.1, 0.15) is 6.61 Å². The van der Waals surface area contributed by atoms with E-state index in [1.807, 2.05) is 18.7 Å². The molecule has 19 heavy (non-hydrogen) atoms. The first kappa shape index (κ1) is 14.1. The van der Waals surface area contributed by atoms with Gasteiger partial charge >= 0.3 is 0 Å². The number of rotatable bonds is 4. The zero-order chi connectivity index (χ0) is 13.9. The average Bonchev–Trinajstić information content (AvgIpc) is 2.70. The molecule has 4 nitrogen and oxygen atoms in total. The Kier molecular flexibility index (Phi) is 4.27. The number of amides is 1. The third-order valence-electron chi connectivity index (χ3n) is 4.51. The SMILES string of the molecule is CC(C)=C(COC=O)N1CCC2(CCCCC2)C1=O. The fraction of sp³-hybridized carbons (Fsp3) is 0.733. The van der Waals surface area contributed by atoms with E-state index in [1.54, 1.807) is 0 Å². The smallest absolute Gasteiger partial charge is 0.293 e. The lowest BCUT2D eigenvalue weighted by atomic mass is 9.73. The van der Waals surface area contributed by atoms with Crippen molar-refractivity contribution in [3.05, 3.63) is 11.3 Å². The van der Waals surface area contributed by atoms with Crippen LogP contribution >= 0.6 is 0 Å². The number of allylic oxidation sites excluding steroid dienone is 1. The van der Waals surface area contributed by atoms with Gasteiger partial charge in [0.15, 0.2) is 0 Å². The van der Waals surface area contributed by atoms with Crippen molar-refractivity contribution < 1.29 is 14.3 Å². The van der Waals surface area contributed by atoms with Gasteiger partial charge in [0.25, 0.3) is 6.47 Å². The predicted molar refractivity (Wildman–Crippen MR) is 72.2 cm³/mol. The number of nitrogens with zero attached hydrogens (tertiary/aromatic N) is 1. The highest BCUT2D eigenvalue weighted by Crippen LogP contribution is 2.45. The lowest BCUT2D eigenvalue weighted by molar-refractivity contribution is -0.137. The molecule has 4 heteroatoms. The van der Waals surface area contributed by atoms with Crippen LogP contribution < -0.4 is 0 Å². The third kappa shape index (κ3) is 2.67. The van der Waals surface area contributed by atoms with Crippen LogP contribution in [0.5, 0.6) is 0 Å². The fourth-order valence-corrected chi connectivity index (χ4v) is 3.38. The summed E-state index contributed by atoms with van der Waals surface area (Å²) in [5.41, 5.74) is 1.78. The molecule has 0 aromatic rings. The Labute approximate surface area is 114 Å². The van der Waals surface area contributed by atoms with Gasteiger partial charge in [-0.05, 0) is 33.1 Å². The molecule has 1 aliphatic heterocycles. The zero-order valence-electron chi connectivity index (χ0n) is 11.9. The zero-order valence-corrected chi connectivity index (χ0v) is 11.9. The summed E-state index contributed by atoms with van der Waals surface area (Å²) in [5.74, 6) is 0.248. The van der Waals surface area contributed by atoms with Gasteiger partial charge in [0.2, 0.25) is 5.91 Å². The van der Waals surface area contributed by atoms with Crippen molar-refractivity contribution in [1.29, 1.82) is 0 Å². The Balaban J connectivity index is 2.15. The Morgan fingerprint density at radius 1 is 1.26 bits per heavy atom. The molecule has 1 saturated carbocycles. The molecule has 2 aliphatic rings. The van der Waals surface area contributed by atoms with Crippen molar-refractivity contribution in [2.24, 2.45) is 5.41 Å². The van der Waals surface area contributed by atoms with Crippen LogP contribution in [-0.4, -0.2) is 30.4 Å². The number of hydrogen-bond acceptors (Lipinski definition) is 3. The summed E-state index contributed by atoms with van der Waals surface area (Å²) in [5, 5.41) is 0. The van der Waals surface area contributed by atoms with E-state index in [2.05, 4.69) is 0 Å². The summed E-state index contributed by atoms with van der Waals surface area (Å²) in [6.07, 6.45) is 6.56. The van der Waals surface area contributed by atoms with E-state index in [0.29, 0.717) is 6.47 Å². The lowest BCUT2D eigenvalue weighted by Crippen LogP contribution is -2.36. The molecular weight excluding hydrogens is 242 g/mol. The van der Waals surface area contributed by atoms with E-state index in [9.17, 15) is 9.59 Å². The molecule has 2 rings (SSSR count). The summed E-state index contributed by atoms with van der Waals surface area (Å²) in [4.78, 5) is 25.0. The van der Waals surface area contributed by atoms with Gasteiger partial charge in [-0.15, -0.1) is 0 Å². The Morgan fingerprint density at radius 3 is 2.53 bits per heavy atom. The molecule has 0 unspecified atom stereocenters. The predicted octanol–water partition coefficient (Wildman–Crippen LogP) is 2.64. The van der Waals surface area contributed by atoms with Gasteiger partial charge in [-0.3, -0.25) is 9.59 Å². The number of likely N-dealkylation sites (tertiary alicyclic amines) is 1. The first-order chi connectivity index (χ1) is 9.10. The maximum Gasteiger partial charge on any atom is 0.293 e. The molecule has 1 saturated heterocycles. The third-order valence-corrected chi connectivity index (χ3v) is 4.51. The maximum absolute atomic E-state index is 12.7. The van der Waals surface area contributed by atoms with Crippen LogP contribution in [0.15, 0.2) is 11.3 Å². The van der Waals surface area contributed by atoms with Gasteiger partial charge < -0.3 is 9.64 Å². The molecule has 0 radical (unpaired) electrons. The maximum atomic E-state index is 12.7. The molecule has 0 aromatic carbocycles. The van der Waals surface area contributed by atoms with Crippen LogP contribution in [0.3, 0.4) is 0 Å². The van der Waals surface area contributed by atoms with Crippen molar-refractivity contribution in [3.63, 3.8) is 0 Å². The monoisotopic (exact) mass is 265 g/mol. The van der Waals surface area contributed by atoms with Crippen molar-refractivity contribution in [2.45, 2.75) is 52.4 Å². The van der Waals surface area contributed by atoms with Gasteiger partial charge in [0.05, 0.1) is 11.1 Å². The van der Waals surface area contributed by atoms with Crippen LogP contribution in [-0.2, 0) is 14.3 Å². The summed E-state index contributed by atoms with van der Waals surface area (Å²) in [7, 11) is 0.